The van der Waals surface area contributed by atoms with E-state index in [9.17, 15) is 4.79 Å². The van der Waals surface area contributed by atoms with Crippen molar-refractivity contribution < 1.29 is 0 Å². The van der Waals surface area contributed by atoms with E-state index in [2.05, 4.69) is 5.10 Å². The molecule has 0 aliphatic rings. The first-order valence-electron chi connectivity index (χ1n) is 8.57. The highest BCUT2D eigenvalue weighted by molar-refractivity contribution is 5.93. The monoisotopic (exact) mass is 347 g/mol. The van der Waals surface area contributed by atoms with Crippen LogP contribution in [0.3, 0.4) is 0 Å². The lowest BCUT2D eigenvalue weighted by Gasteiger charge is -2.14. The Bertz CT molecular complexity index is 1220. The normalized spacial score (nSPS) is 12.8. The molecule has 0 aliphatic carbocycles. The smallest absolute Gasteiger partial charge is 0.261 e. The molecule has 0 spiro atoms. The van der Waals surface area contributed by atoms with Crippen LogP contribution in [0.4, 0.5) is 0 Å². The van der Waals surface area contributed by atoms with Crippen LogP contribution in [0, 0.1) is 6.92 Å². The second-order valence-electron chi connectivity index (χ2n) is 6.83. The molecule has 4 aromatic rings. The minimum Gasteiger partial charge on any atom is -0.324 e. The van der Waals surface area contributed by atoms with Crippen molar-refractivity contribution in [2.24, 2.45) is 19.8 Å². The topological polar surface area (TPSA) is 78.7 Å². The minimum absolute atomic E-state index is 0.0923. The summed E-state index contributed by atoms with van der Waals surface area (Å²) in [4.78, 5) is 17.9. The van der Waals surface area contributed by atoms with E-state index in [0.29, 0.717) is 22.4 Å². The number of fused-ring (bicyclic) bond motifs is 2. The molecule has 1 atom stereocenters. The lowest BCUT2D eigenvalue weighted by Crippen LogP contribution is -2.22. The summed E-state index contributed by atoms with van der Waals surface area (Å²) in [6.07, 6.45) is 0. The summed E-state index contributed by atoms with van der Waals surface area (Å²) in [7, 11) is 3.63. The lowest BCUT2D eigenvalue weighted by atomic mass is 10.0. The van der Waals surface area contributed by atoms with Gasteiger partial charge in [-0.3, -0.25) is 14.0 Å². The van der Waals surface area contributed by atoms with Crippen LogP contribution < -0.4 is 11.3 Å². The second kappa shape index (κ2) is 5.78. The van der Waals surface area contributed by atoms with Crippen LogP contribution in [0.15, 0.2) is 41.2 Å². The number of aryl methyl sites for hydroxylation is 2. The summed E-state index contributed by atoms with van der Waals surface area (Å²) >= 11 is 0. The fourth-order valence-electron chi connectivity index (χ4n) is 3.49. The standard InChI is InChI=1S/C20H21N5O/c1-11-9-14(12(2)21)17-15(10-11)20(26)24(3)19(22-17)18-13-7-5-6-8-16(13)25(4)23-18/h5-10,12H,21H2,1-4H3. The van der Waals surface area contributed by atoms with E-state index in [0.717, 1.165) is 22.0 Å². The Morgan fingerprint density at radius 1 is 1.12 bits per heavy atom. The van der Waals surface area contributed by atoms with E-state index in [4.69, 9.17) is 10.7 Å². The molecule has 0 saturated heterocycles. The summed E-state index contributed by atoms with van der Waals surface area (Å²) in [6, 6.07) is 11.6. The van der Waals surface area contributed by atoms with Gasteiger partial charge in [-0.2, -0.15) is 5.10 Å². The van der Waals surface area contributed by atoms with Gasteiger partial charge in [0.1, 0.15) is 5.69 Å². The first-order valence-corrected chi connectivity index (χ1v) is 8.57. The lowest BCUT2D eigenvalue weighted by molar-refractivity contribution is 0.782. The molecule has 26 heavy (non-hydrogen) atoms. The molecule has 1 unspecified atom stereocenters. The molecule has 0 fully saturated rings. The van der Waals surface area contributed by atoms with Gasteiger partial charge in [-0.05, 0) is 37.1 Å². The largest absolute Gasteiger partial charge is 0.324 e. The van der Waals surface area contributed by atoms with Crippen molar-refractivity contribution >= 4 is 21.8 Å². The van der Waals surface area contributed by atoms with Gasteiger partial charge in [0.15, 0.2) is 5.82 Å². The fraction of sp³-hybridized carbons (Fsp3) is 0.250. The van der Waals surface area contributed by atoms with Crippen molar-refractivity contribution in [3.63, 3.8) is 0 Å². The van der Waals surface area contributed by atoms with E-state index in [-0.39, 0.29) is 11.6 Å². The molecular formula is C20H21N5O. The zero-order chi connectivity index (χ0) is 18.6. The molecule has 132 valence electrons. The van der Waals surface area contributed by atoms with E-state index >= 15 is 0 Å². The number of hydrogen-bond acceptors (Lipinski definition) is 4. The number of nitrogens with two attached hydrogens (primary N) is 1. The van der Waals surface area contributed by atoms with Gasteiger partial charge in [0, 0.05) is 25.5 Å². The average Bonchev–Trinajstić information content (AvgIpc) is 2.95. The molecule has 0 radical (unpaired) electrons. The molecule has 2 aromatic carbocycles. The third-order valence-electron chi connectivity index (χ3n) is 4.81. The Labute approximate surface area is 150 Å². The van der Waals surface area contributed by atoms with E-state index < -0.39 is 0 Å². The zero-order valence-electron chi connectivity index (χ0n) is 15.3. The molecular weight excluding hydrogens is 326 g/mol. The molecule has 0 amide bonds. The Kier molecular flexibility index (Phi) is 3.66. The van der Waals surface area contributed by atoms with Crippen LogP contribution in [0.2, 0.25) is 0 Å². The van der Waals surface area contributed by atoms with Crippen molar-refractivity contribution in [3.05, 3.63) is 57.9 Å². The van der Waals surface area contributed by atoms with Gasteiger partial charge in [-0.15, -0.1) is 0 Å². The maximum Gasteiger partial charge on any atom is 0.261 e. The van der Waals surface area contributed by atoms with Crippen LogP contribution in [0.5, 0.6) is 0 Å². The summed E-state index contributed by atoms with van der Waals surface area (Å²) < 4.78 is 3.38. The van der Waals surface area contributed by atoms with Gasteiger partial charge in [0.2, 0.25) is 0 Å². The molecule has 0 bridgehead atoms. The number of aromatic nitrogens is 4. The summed E-state index contributed by atoms with van der Waals surface area (Å²) in [5.41, 5.74) is 10.3. The third kappa shape index (κ3) is 2.34. The summed E-state index contributed by atoms with van der Waals surface area (Å²) in [6.45, 7) is 3.87. The van der Waals surface area contributed by atoms with Gasteiger partial charge in [0.05, 0.1) is 16.4 Å². The molecule has 0 aliphatic heterocycles. The quantitative estimate of drug-likeness (QED) is 0.605. The second-order valence-corrected chi connectivity index (χ2v) is 6.83. The van der Waals surface area contributed by atoms with Crippen LogP contribution >= 0.6 is 0 Å². The molecule has 6 heteroatoms. The highest BCUT2D eigenvalue weighted by Crippen LogP contribution is 2.28. The minimum atomic E-state index is -0.217. The first-order chi connectivity index (χ1) is 12.4. The highest BCUT2D eigenvalue weighted by atomic mass is 16.1. The van der Waals surface area contributed by atoms with E-state index in [1.54, 1.807) is 11.6 Å². The molecule has 2 heterocycles. The molecule has 0 saturated carbocycles. The van der Waals surface area contributed by atoms with Gasteiger partial charge in [0.25, 0.3) is 5.56 Å². The van der Waals surface area contributed by atoms with Gasteiger partial charge in [-0.1, -0.05) is 24.3 Å². The van der Waals surface area contributed by atoms with E-state index in [1.165, 1.54) is 0 Å². The predicted octanol–water partition coefficient (Wildman–Crippen LogP) is 2.82. The molecule has 2 aromatic heterocycles. The zero-order valence-corrected chi connectivity index (χ0v) is 15.3. The number of para-hydroxylation sites is 1. The van der Waals surface area contributed by atoms with Crippen molar-refractivity contribution in [3.8, 4) is 11.5 Å². The number of benzene rings is 2. The Morgan fingerprint density at radius 3 is 2.58 bits per heavy atom. The van der Waals surface area contributed by atoms with Gasteiger partial charge < -0.3 is 5.73 Å². The predicted molar refractivity (Wildman–Crippen MR) is 104 cm³/mol. The van der Waals surface area contributed by atoms with Crippen molar-refractivity contribution in [2.45, 2.75) is 19.9 Å². The van der Waals surface area contributed by atoms with E-state index in [1.807, 2.05) is 62.0 Å². The van der Waals surface area contributed by atoms with Crippen LogP contribution in [-0.4, -0.2) is 19.3 Å². The Morgan fingerprint density at radius 2 is 1.85 bits per heavy atom. The van der Waals surface area contributed by atoms with Crippen molar-refractivity contribution in [1.29, 1.82) is 0 Å². The van der Waals surface area contributed by atoms with Crippen LogP contribution in [-0.2, 0) is 14.1 Å². The summed E-state index contributed by atoms with van der Waals surface area (Å²) in [5.74, 6) is 0.546. The summed E-state index contributed by atoms with van der Waals surface area (Å²) in [5, 5.41) is 6.18. The van der Waals surface area contributed by atoms with Crippen molar-refractivity contribution in [2.75, 3.05) is 0 Å². The van der Waals surface area contributed by atoms with Gasteiger partial charge in [-0.25, -0.2) is 4.98 Å². The van der Waals surface area contributed by atoms with Gasteiger partial charge >= 0.3 is 0 Å². The number of rotatable bonds is 2. The van der Waals surface area contributed by atoms with Crippen molar-refractivity contribution in [1.82, 2.24) is 19.3 Å². The number of nitrogens with zero attached hydrogens (tertiary/aromatic N) is 4. The maximum atomic E-state index is 13.0. The molecule has 4 rings (SSSR count). The number of hydrogen-bond donors (Lipinski definition) is 1. The SMILES string of the molecule is Cc1cc(C(C)N)c2nc(-c3nn(C)c4ccccc34)n(C)c(=O)c2c1. The van der Waals surface area contributed by atoms with Crippen LogP contribution in [0.1, 0.15) is 24.1 Å². The Balaban J connectivity index is 2.14. The third-order valence-corrected chi connectivity index (χ3v) is 4.81. The Hall–Kier alpha value is -2.99. The average molecular weight is 347 g/mol. The van der Waals surface area contributed by atoms with Crippen LogP contribution in [0.25, 0.3) is 33.3 Å². The first kappa shape index (κ1) is 16.5. The fourth-order valence-corrected chi connectivity index (χ4v) is 3.49. The highest BCUT2D eigenvalue weighted by Gasteiger charge is 2.19. The molecule has 6 nitrogen and oxygen atoms in total. The molecule has 2 N–H and O–H groups in total. The maximum absolute atomic E-state index is 13.0.